The monoisotopic (exact) mass is 432 g/mol. The van der Waals surface area contributed by atoms with Crippen LogP contribution < -0.4 is 4.74 Å². The molecule has 0 spiro atoms. The van der Waals surface area contributed by atoms with Crippen molar-refractivity contribution in [3.05, 3.63) is 29.8 Å². The summed E-state index contributed by atoms with van der Waals surface area (Å²) in [6.07, 6.45) is 19.8. The van der Waals surface area contributed by atoms with Crippen molar-refractivity contribution in [1.29, 1.82) is 0 Å². The van der Waals surface area contributed by atoms with Gasteiger partial charge in [-0.25, -0.2) is 4.79 Å². The van der Waals surface area contributed by atoms with E-state index in [9.17, 15) is 9.59 Å². The van der Waals surface area contributed by atoms with E-state index in [4.69, 9.17) is 9.47 Å². The van der Waals surface area contributed by atoms with Crippen molar-refractivity contribution in [3.63, 3.8) is 0 Å². The number of unbranched alkanes of at least 4 members (excludes halogenated alkanes) is 14. The Hall–Kier alpha value is -1.84. The highest BCUT2D eigenvalue weighted by atomic mass is 16.5. The summed E-state index contributed by atoms with van der Waals surface area (Å²) in [5, 5.41) is 0. The van der Waals surface area contributed by atoms with Gasteiger partial charge in [0.05, 0.1) is 6.61 Å². The summed E-state index contributed by atoms with van der Waals surface area (Å²) in [6.45, 7) is 4.31. The topological polar surface area (TPSA) is 52.6 Å². The van der Waals surface area contributed by atoms with Crippen molar-refractivity contribution >= 4 is 11.9 Å². The molecule has 4 heteroatoms. The fraction of sp³-hybridized carbons (Fsp3) is 0.704. The molecule has 0 amide bonds. The predicted molar refractivity (Wildman–Crippen MR) is 128 cm³/mol. The quantitative estimate of drug-likeness (QED) is 0.126. The molecule has 1 aromatic carbocycles. The lowest BCUT2D eigenvalue weighted by Crippen LogP contribution is -2.12. The lowest BCUT2D eigenvalue weighted by Gasteiger charge is -2.09. The Morgan fingerprint density at radius 3 is 1.68 bits per heavy atom. The number of carbonyl (C=O) groups excluding carboxylic acids is 2. The number of benzene rings is 1. The molecule has 0 radical (unpaired) electrons. The molecule has 0 aromatic heterocycles. The van der Waals surface area contributed by atoms with E-state index >= 15 is 0 Å². The minimum absolute atomic E-state index is 0.284. The van der Waals surface area contributed by atoms with Gasteiger partial charge in [-0.15, -0.1) is 0 Å². The van der Waals surface area contributed by atoms with Gasteiger partial charge >= 0.3 is 11.9 Å². The third kappa shape index (κ3) is 14.0. The number of ether oxygens (including phenoxy) is 2. The second kappa shape index (κ2) is 18.9. The first-order valence-electron chi connectivity index (χ1n) is 12.7. The van der Waals surface area contributed by atoms with Gasteiger partial charge < -0.3 is 9.47 Å². The molecule has 1 aromatic rings. The highest BCUT2D eigenvalue weighted by molar-refractivity contribution is 5.93. The van der Waals surface area contributed by atoms with Crippen molar-refractivity contribution in [3.8, 4) is 5.75 Å². The lowest BCUT2D eigenvalue weighted by atomic mass is 10.0. The fourth-order valence-electron chi connectivity index (χ4n) is 3.75. The molecule has 0 heterocycles. The van der Waals surface area contributed by atoms with Crippen molar-refractivity contribution in [2.24, 2.45) is 0 Å². The lowest BCUT2D eigenvalue weighted by molar-refractivity contribution is -0.134. The number of hydrogen-bond acceptors (Lipinski definition) is 4. The molecular formula is C27H44O4. The summed E-state index contributed by atoms with van der Waals surface area (Å²) in [5.41, 5.74) is 0.300. The van der Waals surface area contributed by atoms with Gasteiger partial charge in [0.2, 0.25) is 0 Å². The first-order valence-corrected chi connectivity index (χ1v) is 12.7. The minimum Gasteiger partial charge on any atom is -0.462 e. The van der Waals surface area contributed by atoms with Crippen LogP contribution in [0.4, 0.5) is 0 Å². The Kier molecular flexibility index (Phi) is 16.6. The van der Waals surface area contributed by atoms with Crippen LogP contribution in [0.5, 0.6) is 5.75 Å². The molecule has 1 rings (SSSR count). The van der Waals surface area contributed by atoms with E-state index in [0.717, 1.165) is 12.8 Å². The fourth-order valence-corrected chi connectivity index (χ4v) is 3.75. The zero-order valence-corrected chi connectivity index (χ0v) is 20.0. The van der Waals surface area contributed by atoms with Crippen LogP contribution >= 0.6 is 0 Å². The maximum Gasteiger partial charge on any atom is 0.341 e. The molecule has 0 fully saturated rings. The van der Waals surface area contributed by atoms with E-state index in [1.54, 1.807) is 31.2 Å². The zero-order chi connectivity index (χ0) is 22.6. The average molecular weight is 433 g/mol. The van der Waals surface area contributed by atoms with E-state index in [2.05, 4.69) is 6.92 Å². The number of rotatable bonds is 19. The maximum atomic E-state index is 12.1. The van der Waals surface area contributed by atoms with Crippen LogP contribution in [0.15, 0.2) is 24.3 Å². The zero-order valence-electron chi connectivity index (χ0n) is 20.0. The van der Waals surface area contributed by atoms with Gasteiger partial charge in [0.15, 0.2) is 0 Å². The summed E-state index contributed by atoms with van der Waals surface area (Å²) in [6, 6.07) is 6.74. The maximum absolute atomic E-state index is 12.1. The van der Waals surface area contributed by atoms with Gasteiger partial charge in [0, 0.05) is 6.42 Å². The van der Waals surface area contributed by atoms with E-state index in [0.29, 0.717) is 18.6 Å². The Morgan fingerprint density at radius 2 is 1.16 bits per heavy atom. The summed E-state index contributed by atoms with van der Waals surface area (Å²) >= 11 is 0. The molecule has 0 bridgehead atoms. The summed E-state index contributed by atoms with van der Waals surface area (Å²) in [4.78, 5) is 24.0. The third-order valence-electron chi connectivity index (χ3n) is 5.59. The third-order valence-corrected chi connectivity index (χ3v) is 5.59. The Bertz CT molecular complexity index is 597. The van der Waals surface area contributed by atoms with Gasteiger partial charge in [-0.1, -0.05) is 109 Å². The Labute approximate surface area is 190 Å². The Balaban J connectivity index is 1.99. The minimum atomic E-state index is -0.460. The SMILES string of the molecule is CCCCCCCCCCCCCCCCCC(=O)Oc1ccccc1C(=O)OCC. The molecule has 0 N–H and O–H groups in total. The number of para-hydroxylation sites is 1. The van der Waals surface area contributed by atoms with E-state index in [1.165, 1.54) is 83.5 Å². The van der Waals surface area contributed by atoms with Gasteiger partial charge in [-0.05, 0) is 25.5 Å². The van der Waals surface area contributed by atoms with Crippen LogP contribution in [-0.2, 0) is 9.53 Å². The van der Waals surface area contributed by atoms with Crippen molar-refractivity contribution < 1.29 is 19.1 Å². The summed E-state index contributed by atoms with van der Waals surface area (Å²) in [7, 11) is 0. The molecule has 0 unspecified atom stereocenters. The van der Waals surface area contributed by atoms with Crippen molar-refractivity contribution in [1.82, 2.24) is 0 Å². The highest BCUT2D eigenvalue weighted by Crippen LogP contribution is 2.20. The predicted octanol–water partition coefficient (Wildman–Crippen LogP) is 8.03. The normalized spacial score (nSPS) is 10.8. The van der Waals surface area contributed by atoms with Gasteiger partial charge in [-0.3, -0.25) is 4.79 Å². The molecule has 0 aliphatic heterocycles. The van der Waals surface area contributed by atoms with Gasteiger partial charge in [0.25, 0.3) is 0 Å². The number of carbonyl (C=O) groups is 2. The highest BCUT2D eigenvalue weighted by Gasteiger charge is 2.15. The molecule has 0 atom stereocenters. The largest absolute Gasteiger partial charge is 0.462 e. The molecule has 0 aliphatic rings. The Morgan fingerprint density at radius 1 is 0.677 bits per heavy atom. The van der Waals surface area contributed by atoms with Crippen LogP contribution in [0, 0.1) is 0 Å². The summed E-state index contributed by atoms with van der Waals surface area (Å²) < 4.78 is 10.4. The van der Waals surface area contributed by atoms with Crippen molar-refractivity contribution in [2.45, 2.75) is 117 Å². The molecular weight excluding hydrogens is 388 g/mol. The van der Waals surface area contributed by atoms with Gasteiger partial charge in [-0.2, -0.15) is 0 Å². The van der Waals surface area contributed by atoms with Crippen LogP contribution in [0.1, 0.15) is 127 Å². The second-order valence-corrected chi connectivity index (χ2v) is 8.39. The molecule has 0 saturated heterocycles. The first-order chi connectivity index (χ1) is 15.2. The number of hydrogen-bond donors (Lipinski definition) is 0. The standard InChI is InChI=1S/C27H44O4/c1-3-5-6-7-8-9-10-11-12-13-14-15-16-17-18-23-26(28)31-25-22-20-19-21-24(25)27(29)30-4-2/h19-22H,3-18,23H2,1-2H3. The van der Waals surface area contributed by atoms with Crippen LogP contribution in [0.2, 0.25) is 0 Å². The number of esters is 2. The average Bonchev–Trinajstić information content (AvgIpc) is 2.77. The van der Waals surface area contributed by atoms with E-state index < -0.39 is 5.97 Å². The first kappa shape index (κ1) is 27.2. The molecule has 176 valence electrons. The molecule has 0 aliphatic carbocycles. The van der Waals surface area contributed by atoms with E-state index in [1.807, 2.05) is 0 Å². The van der Waals surface area contributed by atoms with Crippen molar-refractivity contribution in [2.75, 3.05) is 6.61 Å². The molecule has 0 saturated carbocycles. The van der Waals surface area contributed by atoms with E-state index in [-0.39, 0.29) is 11.7 Å². The van der Waals surface area contributed by atoms with Gasteiger partial charge in [0.1, 0.15) is 11.3 Å². The van der Waals surface area contributed by atoms with Crippen LogP contribution in [-0.4, -0.2) is 18.5 Å². The molecule has 31 heavy (non-hydrogen) atoms. The molecule has 4 nitrogen and oxygen atoms in total. The van der Waals surface area contributed by atoms with Crippen LogP contribution in [0.25, 0.3) is 0 Å². The summed E-state index contributed by atoms with van der Waals surface area (Å²) in [5.74, 6) is -0.462. The van der Waals surface area contributed by atoms with Crippen LogP contribution in [0.3, 0.4) is 0 Å². The smallest absolute Gasteiger partial charge is 0.341 e. The second-order valence-electron chi connectivity index (χ2n) is 8.39.